The number of carbonyl (C=O) groups is 1. The zero-order valence-electron chi connectivity index (χ0n) is 8.52. The van der Waals surface area contributed by atoms with Crippen LogP contribution in [0.4, 0.5) is 0 Å². The SMILES string of the molecule is CC(C)(Br)COC(=O)C1(C)CCC1. The van der Waals surface area contributed by atoms with Crippen LogP contribution in [0, 0.1) is 5.41 Å². The van der Waals surface area contributed by atoms with E-state index in [4.69, 9.17) is 4.74 Å². The van der Waals surface area contributed by atoms with Gasteiger partial charge in [-0.1, -0.05) is 22.4 Å². The Labute approximate surface area is 88.2 Å². The molecule has 1 fully saturated rings. The Morgan fingerprint density at radius 3 is 2.38 bits per heavy atom. The first-order valence-electron chi connectivity index (χ1n) is 4.70. The molecule has 0 spiro atoms. The summed E-state index contributed by atoms with van der Waals surface area (Å²) in [6, 6.07) is 0. The Morgan fingerprint density at radius 1 is 1.54 bits per heavy atom. The van der Waals surface area contributed by atoms with Gasteiger partial charge < -0.3 is 4.74 Å². The quantitative estimate of drug-likeness (QED) is 0.567. The van der Waals surface area contributed by atoms with Crippen LogP contribution in [0.25, 0.3) is 0 Å². The third-order valence-corrected chi connectivity index (χ3v) is 2.73. The third kappa shape index (κ3) is 2.97. The second-order valence-corrected chi connectivity index (χ2v) is 6.86. The van der Waals surface area contributed by atoms with Crippen molar-refractivity contribution >= 4 is 21.9 Å². The summed E-state index contributed by atoms with van der Waals surface area (Å²) in [6.07, 6.45) is 3.12. The van der Waals surface area contributed by atoms with Gasteiger partial charge in [-0.05, 0) is 33.6 Å². The minimum Gasteiger partial charge on any atom is -0.464 e. The highest BCUT2D eigenvalue weighted by molar-refractivity contribution is 9.10. The molecule has 3 heteroatoms. The smallest absolute Gasteiger partial charge is 0.311 e. The number of halogens is 1. The predicted octanol–water partition coefficient (Wildman–Crippen LogP) is 2.89. The lowest BCUT2D eigenvalue weighted by molar-refractivity contribution is -0.160. The lowest BCUT2D eigenvalue weighted by Crippen LogP contribution is -2.38. The van der Waals surface area contributed by atoms with Gasteiger partial charge in [0.05, 0.1) is 9.74 Å². The van der Waals surface area contributed by atoms with Crippen LogP contribution in [-0.2, 0) is 9.53 Å². The van der Waals surface area contributed by atoms with Crippen molar-refractivity contribution < 1.29 is 9.53 Å². The second kappa shape index (κ2) is 3.60. The molecule has 0 aliphatic heterocycles. The zero-order valence-corrected chi connectivity index (χ0v) is 10.1. The van der Waals surface area contributed by atoms with E-state index in [1.54, 1.807) is 0 Å². The molecular formula is C10H17BrO2. The van der Waals surface area contributed by atoms with Gasteiger partial charge in [0.1, 0.15) is 6.61 Å². The van der Waals surface area contributed by atoms with Gasteiger partial charge in [0.25, 0.3) is 0 Å². The van der Waals surface area contributed by atoms with E-state index >= 15 is 0 Å². The largest absolute Gasteiger partial charge is 0.464 e. The van der Waals surface area contributed by atoms with Gasteiger partial charge in [0, 0.05) is 0 Å². The van der Waals surface area contributed by atoms with E-state index in [1.165, 1.54) is 0 Å². The zero-order chi connectivity index (χ0) is 10.1. The molecular weight excluding hydrogens is 232 g/mol. The summed E-state index contributed by atoms with van der Waals surface area (Å²) in [5.74, 6) is -0.0359. The maximum atomic E-state index is 11.6. The first-order chi connectivity index (χ1) is 5.83. The summed E-state index contributed by atoms with van der Waals surface area (Å²) in [5.41, 5.74) is -0.182. The molecule has 2 nitrogen and oxygen atoms in total. The summed E-state index contributed by atoms with van der Waals surface area (Å²) >= 11 is 3.44. The molecule has 1 rings (SSSR count). The number of carbonyl (C=O) groups excluding carboxylic acids is 1. The highest BCUT2D eigenvalue weighted by Crippen LogP contribution is 2.41. The summed E-state index contributed by atoms with van der Waals surface area (Å²) in [5, 5.41) is 0. The Kier molecular flexibility index (Phi) is 3.05. The molecule has 0 aromatic rings. The highest BCUT2D eigenvalue weighted by Gasteiger charge is 2.41. The lowest BCUT2D eigenvalue weighted by Gasteiger charge is -2.36. The third-order valence-electron chi connectivity index (χ3n) is 2.50. The van der Waals surface area contributed by atoms with Crippen LogP contribution in [0.2, 0.25) is 0 Å². The Balaban J connectivity index is 2.34. The maximum Gasteiger partial charge on any atom is 0.311 e. The van der Waals surface area contributed by atoms with Crippen LogP contribution in [0.5, 0.6) is 0 Å². The summed E-state index contributed by atoms with van der Waals surface area (Å²) in [7, 11) is 0. The molecule has 0 aromatic carbocycles. The monoisotopic (exact) mass is 248 g/mol. The minimum absolute atomic E-state index is 0.0359. The molecule has 0 atom stereocenters. The van der Waals surface area contributed by atoms with Gasteiger partial charge in [-0.3, -0.25) is 4.79 Å². The molecule has 0 bridgehead atoms. The average molecular weight is 249 g/mol. The number of alkyl halides is 1. The minimum atomic E-state index is -0.182. The molecule has 76 valence electrons. The molecule has 0 amide bonds. The Hall–Kier alpha value is -0.0500. The van der Waals surface area contributed by atoms with Crippen LogP contribution in [-0.4, -0.2) is 16.9 Å². The summed E-state index contributed by atoms with van der Waals surface area (Å²) < 4.78 is 5.12. The van der Waals surface area contributed by atoms with Crippen molar-refractivity contribution in [2.24, 2.45) is 5.41 Å². The van der Waals surface area contributed by atoms with Crippen LogP contribution in [0.3, 0.4) is 0 Å². The molecule has 0 aromatic heterocycles. The van der Waals surface area contributed by atoms with E-state index in [9.17, 15) is 4.79 Å². The van der Waals surface area contributed by atoms with Crippen LogP contribution in [0.1, 0.15) is 40.0 Å². The molecule has 0 N–H and O–H groups in total. The fraction of sp³-hybridized carbons (Fsp3) is 0.900. The van der Waals surface area contributed by atoms with E-state index in [2.05, 4.69) is 15.9 Å². The molecule has 0 saturated heterocycles. The first-order valence-corrected chi connectivity index (χ1v) is 5.49. The van der Waals surface area contributed by atoms with Gasteiger partial charge in [0.2, 0.25) is 0 Å². The van der Waals surface area contributed by atoms with E-state index in [-0.39, 0.29) is 15.7 Å². The first kappa shape index (κ1) is 11.0. The topological polar surface area (TPSA) is 26.3 Å². The van der Waals surface area contributed by atoms with Crippen molar-refractivity contribution in [1.82, 2.24) is 0 Å². The van der Waals surface area contributed by atoms with E-state index < -0.39 is 0 Å². The van der Waals surface area contributed by atoms with Crippen molar-refractivity contribution in [1.29, 1.82) is 0 Å². The van der Waals surface area contributed by atoms with Crippen LogP contribution >= 0.6 is 15.9 Å². The normalized spacial score (nSPS) is 20.6. The molecule has 1 aliphatic rings. The van der Waals surface area contributed by atoms with Gasteiger partial charge in [-0.15, -0.1) is 0 Å². The number of rotatable bonds is 3. The van der Waals surface area contributed by atoms with E-state index in [1.807, 2.05) is 20.8 Å². The Morgan fingerprint density at radius 2 is 2.08 bits per heavy atom. The van der Waals surface area contributed by atoms with E-state index in [0.717, 1.165) is 19.3 Å². The number of hydrogen-bond donors (Lipinski definition) is 0. The molecule has 0 radical (unpaired) electrons. The predicted molar refractivity (Wildman–Crippen MR) is 55.9 cm³/mol. The molecule has 0 unspecified atom stereocenters. The fourth-order valence-corrected chi connectivity index (χ4v) is 1.44. The van der Waals surface area contributed by atoms with Crippen molar-refractivity contribution in [2.45, 2.75) is 44.4 Å². The van der Waals surface area contributed by atoms with Crippen LogP contribution < -0.4 is 0 Å². The number of hydrogen-bond acceptors (Lipinski definition) is 2. The molecule has 13 heavy (non-hydrogen) atoms. The second-order valence-electron chi connectivity index (χ2n) is 4.71. The van der Waals surface area contributed by atoms with E-state index in [0.29, 0.717) is 6.61 Å². The standard InChI is InChI=1S/C10H17BrO2/c1-9(2,11)7-13-8(12)10(3)5-4-6-10/h4-7H2,1-3H3. The molecule has 0 heterocycles. The molecule has 1 saturated carbocycles. The van der Waals surface area contributed by atoms with Gasteiger partial charge in [-0.25, -0.2) is 0 Å². The van der Waals surface area contributed by atoms with Crippen molar-refractivity contribution in [3.63, 3.8) is 0 Å². The molecule has 1 aliphatic carbocycles. The lowest BCUT2D eigenvalue weighted by atomic mass is 9.70. The van der Waals surface area contributed by atoms with Crippen molar-refractivity contribution in [3.8, 4) is 0 Å². The fourth-order valence-electron chi connectivity index (χ4n) is 1.32. The van der Waals surface area contributed by atoms with Crippen LogP contribution in [0.15, 0.2) is 0 Å². The Bertz CT molecular complexity index is 201. The maximum absolute atomic E-state index is 11.6. The highest BCUT2D eigenvalue weighted by atomic mass is 79.9. The average Bonchev–Trinajstić information content (AvgIpc) is 1.94. The van der Waals surface area contributed by atoms with Gasteiger partial charge >= 0.3 is 5.97 Å². The van der Waals surface area contributed by atoms with Gasteiger partial charge in [-0.2, -0.15) is 0 Å². The van der Waals surface area contributed by atoms with Crippen molar-refractivity contribution in [3.05, 3.63) is 0 Å². The number of esters is 1. The summed E-state index contributed by atoms with van der Waals surface area (Å²) in [4.78, 5) is 11.6. The van der Waals surface area contributed by atoms with Gasteiger partial charge in [0.15, 0.2) is 0 Å². The van der Waals surface area contributed by atoms with Crippen molar-refractivity contribution in [2.75, 3.05) is 6.61 Å². The number of ether oxygens (including phenoxy) is 1. The summed E-state index contributed by atoms with van der Waals surface area (Å²) in [6.45, 7) is 6.41.